The van der Waals surface area contributed by atoms with Crippen LogP contribution in [0.15, 0.2) is 41.2 Å². The Labute approximate surface area is 144 Å². The molecule has 0 radical (unpaired) electrons. The number of nitrogens with one attached hydrogen (secondary N) is 1. The number of aliphatic hydroxyl groups is 1. The summed E-state index contributed by atoms with van der Waals surface area (Å²) < 4.78 is 5.38. The third-order valence-corrected chi connectivity index (χ3v) is 4.48. The van der Waals surface area contributed by atoms with Gasteiger partial charge in [0.15, 0.2) is 5.82 Å². The molecular weight excluding hydrogens is 320 g/mol. The molecule has 1 aliphatic carbocycles. The van der Waals surface area contributed by atoms with E-state index < -0.39 is 0 Å². The van der Waals surface area contributed by atoms with Crippen LogP contribution in [0.5, 0.6) is 0 Å². The second-order valence-corrected chi connectivity index (χ2v) is 6.32. The Hall–Kier alpha value is -2.58. The highest BCUT2D eigenvalue weighted by Gasteiger charge is 2.35. The smallest absolute Gasteiger partial charge is 0.241 e. The number of hydrogen-bond acceptors (Lipinski definition) is 7. The van der Waals surface area contributed by atoms with E-state index in [-0.39, 0.29) is 12.6 Å². The van der Waals surface area contributed by atoms with Crippen LogP contribution in [0.3, 0.4) is 0 Å². The van der Waals surface area contributed by atoms with Gasteiger partial charge >= 0.3 is 0 Å². The van der Waals surface area contributed by atoms with Gasteiger partial charge in [0.2, 0.25) is 11.7 Å². The summed E-state index contributed by atoms with van der Waals surface area (Å²) >= 11 is 0. The van der Waals surface area contributed by atoms with Crippen molar-refractivity contribution in [1.82, 2.24) is 30.2 Å². The average Bonchev–Trinajstić information content (AvgIpc) is 3.12. The summed E-state index contributed by atoms with van der Waals surface area (Å²) in [7, 11) is 0. The summed E-state index contributed by atoms with van der Waals surface area (Å²) in [6.07, 6.45) is 3.72. The fourth-order valence-electron chi connectivity index (χ4n) is 3.05. The molecule has 3 aromatic rings. The predicted molar refractivity (Wildman–Crippen MR) is 89.0 cm³/mol. The molecule has 1 aromatic carbocycles. The van der Waals surface area contributed by atoms with Crippen LogP contribution in [-0.2, 0) is 13.1 Å². The van der Waals surface area contributed by atoms with Gasteiger partial charge in [0, 0.05) is 12.6 Å². The van der Waals surface area contributed by atoms with Crippen LogP contribution < -0.4 is 0 Å². The van der Waals surface area contributed by atoms with Gasteiger partial charge in [-0.3, -0.25) is 10.00 Å². The normalized spacial score (nSPS) is 15.6. The van der Waals surface area contributed by atoms with E-state index >= 15 is 0 Å². The van der Waals surface area contributed by atoms with Gasteiger partial charge in [-0.1, -0.05) is 35.5 Å². The molecule has 4 rings (SSSR count). The second kappa shape index (κ2) is 7.12. The van der Waals surface area contributed by atoms with E-state index in [1.165, 1.54) is 11.9 Å². The Bertz CT molecular complexity index is 785. The van der Waals surface area contributed by atoms with Gasteiger partial charge in [0.05, 0.1) is 13.2 Å². The molecule has 0 aliphatic heterocycles. The van der Waals surface area contributed by atoms with Crippen molar-refractivity contribution in [3.63, 3.8) is 0 Å². The van der Waals surface area contributed by atoms with Gasteiger partial charge < -0.3 is 9.63 Å². The maximum atomic E-state index is 9.89. The SMILES string of the molecule is OCC(C1CC1)N(Cc1ccccc1)Cc1nc(-c2ncn[nH]2)no1. The molecule has 0 spiro atoms. The number of aromatic nitrogens is 5. The fourth-order valence-corrected chi connectivity index (χ4v) is 3.05. The van der Waals surface area contributed by atoms with Gasteiger partial charge in [0.1, 0.15) is 6.33 Å². The van der Waals surface area contributed by atoms with Gasteiger partial charge in [-0.25, -0.2) is 4.98 Å². The Morgan fingerprint density at radius 1 is 1.24 bits per heavy atom. The maximum Gasteiger partial charge on any atom is 0.241 e. The van der Waals surface area contributed by atoms with Crippen molar-refractivity contribution in [2.45, 2.75) is 32.0 Å². The van der Waals surface area contributed by atoms with E-state index in [0.29, 0.717) is 30.0 Å². The zero-order valence-electron chi connectivity index (χ0n) is 13.7. The number of benzene rings is 1. The van der Waals surface area contributed by atoms with Gasteiger partial charge in [-0.05, 0) is 24.3 Å². The van der Waals surface area contributed by atoms with Crippen molar-refractivity contribution < 1.29 is 9.63 Å². The van der Waals surface area contributed by atoms with Crippen molar-refractivity contribution in [2.24, 2.45) is 5.92 Å². The number of nitrogens with zero attached hydrogens (tertiary/aromatic N) is 5. The highest BCUT2D eigenvalue weighted by molar-refractivity contribution is 5.39. The van der Waals surface area contributed by atoms with Crippen molar-refractivity contribution in [3.8, 4) is 11.6 Å². The number of aromatic amines is 1. The number of rotatable bonds is 8. The van der Waals surface area contributed by atoms with Crippen LogP contribution in [0.2, 0.25) is 0 Å². The van der Waals surface area contributed by atoms with E-state index in [9.17, 15) is 5.11 Å². The lowest BCUT2D eigenvalue weighted by Gasteiger charge is -2.29. The summed E-state index contributed by atoms with van der Waals surface area (Å²) in [5.41, 5.74) is 1.19. The van der Waals surface area contributed by atoms with Gasteiger partial charge in [-0.2, -0.15) is 10.1 Å². The van der Waals surface area contributed by atoms with E-state index in [1.54, 1.807) is 0 Å². The largest absolute Gasteiger partial charge is 0.395 e. The van der Waals surface area contributed by atoms with Gasteiger partial charge in [0.25, 0.3) is 0 Å². The molecule has 130 valence electrons. The first-order chi connectivity index (χ1) is 12.3. The summed E-state index contributed by atoms with van der Waals surface area (Å²) in [6, 6.07) is 10.3. The van der Waals surface area contributed by atoms with Crippen LogP contribution in [0.25, 0.3) is 11.6 Å². The highest BCUT2D eigenvalue weighted by atomic mass is 16.5. The zero-order valence-corrected chi connectivity index (χ0v) is 13.7. The molecule has 2 heterocycles. The number of hydrogen-bond donors (Lipinski definition) is 2. The van der Waals surface area contributed by atoms with Crippen LogP contribution >= 0.6 is 0 Å². The topological polar surface area (TPSA) is 104 Å². The first-order valence-corrected chi connectivity index (χ1v) is 8.40. The second-order valence-electron chi connectivity index (χ2n) is 6.32. The van der Waals surface area contributed by atoms with Crippen molar-refractivity contribution in [3.05, 3.63) is 48.1 Å². The lowest BCUT2D eigenvalue weighted by atomic mass is 10.1. The van der Waals surface area contributed by atoms with Crippen LogP contribution in [0.4, 0.5) is 0 Å². The molecule has 0 saturated heterocycles. The minimum Gasteiger partial charge on any atom is -0.395 e. The molecule has 0 bridgehead atoms. The molecule has 1 atom stereocenters. The molecule has 8 heteroatoms. The Kier molecular flexibility index (Phi) is 4.53. The van der Waals surface area contributed by atoms with Crippen LogP contribution in [0, 0.1) is 5.92 Å². The molecule has 1 unspecified atom stereocenters. The number of H-pyrrole nitrogens is 1. The molecule has 2 aromatic heterocycles. The fraction of sp³-hybridized carbons (Fsp3) is 0.412. The van der Waals surface area contributed by atoms with Crippen molar-refractivity contribution in [1.29, 1.82) is 0 Å². The maximum absolute atomic E-state index is 9.89. The predicted octanol–water partition coefficient (Wildman–Crippen LogP) is 1.63. The standard InChI is InChI=1S/C17H20N6O2/c24-10-14(13-6-7-13)23(8-12-4-2-1-3-5-12)9-15-20-17(22-25-15)16-18-11-19-21-16/h1-5,11,13-14,24H,6-10H2,(H,18,19,21). The first kappa shape index (κ1) is 15.9. The molecule has 1 fully saturated rings. The molecule has 25 heavy (non-hydrogen) atoms. The summed E-state index contributed by atoms with van der Waals surface area (Å²) in [6.45, 7) is 1.33. The van der Waals surface area contributed by atoms with Crippen molar-refractivity contribution >= 4 is 0 Å². The molecular formula is C17H20N6O2. The Morgan fingerprint density at radius 2 is 2.08 bits per heavy atom. The summed E-state index contributed by atoms with van der Waals surface area (Å²) in [5.74, 6) is 1.90. The van der Waals surface area contributed by atoms with Crippen LogP contribution in [0.1, 0.15) is 24.3 Å². The molecule has 2 N–H and O–H groups in total. The third-order valence-electron chi connectivity index (χ3n) is 4.48. The lowest BCUT2D eigenvalue weighted by molar-refractivity contribution is 0.0845. The minimum absolute atomic E-state index is 0.0980. The van der Waals surface area contributed by atoms with E-state index in [2.05, 4.69) is 42.4 Å². The van der Waals surface area contributed by atoms with E-state index in [1.807, 2.05) is 18.2 Å². The van der Waals surface area contributed by atoms with E-state index in [0.717, 1.165) is 19.4 Å². The summed E-state index contributed by atoms with van der Waals surface area (Å²) in [5, 5.41) is 20.4. The molecule has 8 nitrogen and oxygen atoms in total. The number of aliphatic hydroxyl groups excluding tert-OH is 1. The van der Waals surface area contributed by atoms with Crippen LogP contribution in [-0.4, -0.2) is 48.0 Å². The monoisotopic (exact) mass is 340 g/mol. The highest BCUT2D eigenvalue weighted by Crippen LogP contribution is 2.36. The zero-order chi connectivity index (χ0) is 17.1. The quantitative estimate of drug-likeness (QED) is 0.642. The lowest BCUT2D eigenvalue weighted by Crippen LogP contribution is -2.38. The first-order valence-electron chi connectivity index (χ1n) is 8.40. The van der Waals surface area contributed by atoms with Crippen molar-refractivity contribution in [2.75, 3.05) is 6.61 Å². The van der Waals surface area contributed by atoms with Gasteiger partial charge in [-0.15, -0.1) is 0 Å². The summed E-state index contributed by atoms with van der Waals surface area (Å²) in [4.78, 5) is 10.6. The third kappa shape index (κ3) is 3.75. The Balaban J connectivity index is 1.53. The molecule has 1 saturated carbocycles. The average molecular weight is 340 g/mol. The minimum atomic E-state index is 0.0980. The Morgan fingerprint density at radius 3 is 2.76 bits per heavy atom. The van der Waals surface area contributed by atoms with E-state index in [4.69, 9.17) is 4.52 Å². The molecule has 0 amide bonds. The molecule has 1 aliphatic rings.